The number of thioether (sulfide) groups is 1. The molecule has 0 bridgehead atoms. The first kappa shape index (κ1) is 18.0. The number of hydrogen-bond donors (Lipinski definition) is 1. The lowest BCUT2D eigenvalue weighted by Crippen LogP contribution is -2.06. The number of aromatic amines is 1. The van der Waals surface area contributed by atoms with Gasteiger partial charge in [0.2, 0.25) is 5.16 Å². The molecule has 140 valence electrons. The number of aromatic nitrogens is 4. The van der Waals surface area contributed by atoms with Gasteiger partial charge < -0.3 is 4.57 Å². The van der Waals surface area contributed by atoms with Crippen molar-refractivity contribution in [2.75, 3.05) is 5.75 Å². The SMILES string of the molecule is Cc1ccc(-n2c(C)cc(C(=O)CSc3n[nH]c(C4CC4)n3)c2C)cc1C. The van der Waals surface area contributed by atoms with E-state index >= 15 is 0 Å². The Labute approximate surface area is 163 Å². The number of benzene rings is 1. The second-order valence-electron chi connectivity index (χ2n) is 7.38. The van der Waals surface area contributed by atoms with E-state index in [1.807, 2.05) is 19.9 Å². The molecule has 0 radical (unpaired) electrons. The van der Waals surface area contributed by atoms with E-state index in [1.165, 1.54) is 35.7 Å². The lowest BCUT2D eigenvalue weighted by molar-refractivity contribution is 0.102. The van der Waals surface area contributed by atoms with Gasteiger partial charge in [-0.3, -0.25) is 9.89 Å². The summed E-state index contributed by atoms with van der Waals surface area (Å²) < 4.78 is 2.16. The maximum Gasteiger partial charge on any atom is 0.208 e. The van der Waals surface area contributed by atoms with Crippen LogP contribution in [0.1, 0.15) is 57.5 Å². The molecule has 1 aliphatic carbocycles. The number of carbonyl (C=O) groups excluding carboxylic acids is 1. The third-order valence-electron chi connectivity index (χ3n) is 5.26. The molecule has 2 heterocycles. The number of Topliss-reactive ketones (excluding diaryl/α,β-unsaturated/α-hetero) is 1. The van der Waals surface area contributed by atoms with Gasteiger partial charge in [-0.1, -0.05) is 17.8 Å². The molecule has 5 nitrogen and oxygen atoms in total. The first-order valence-corrected chi connectivity index (χ1v) is 10.3. The maximum atomic E-state index is 12.8. The molecule has 0 aliphatic heterocycles. The lowest BCUT2D eigenvalue weighted by Gasteiger charge is -2.12. The van der Waals surface area contributed by atoms with Crippen LogP contribution >= 0.6 is 11.8 Å². The molecular formula is C21H24N4OS. The molecule has 1 aliphatic rings. The van der Waals surface area contributed by atoms with Crippen LogP contribution in [0.4, 0.5) is 0 Å². The number of nitrogens with one attached hydrogen (secondary N) is 1. The third kappa shape index (κ3) is 3.58. The van der Waals surface area contributed by atoms with Crippen molar-refractivity contribution in [1.29, 1.82) is 0 Å². The number of nitrogens with zero attached hydrogens (tertiary/aromatic N) is 3. The smallest absolute Gasteiger partial charge is 0.208 e. The second-order valence-corrected chi connectivity index (χ2v) is 8.32. The van der Waals surface area contributed by atoms with Crippen LogP contribution in [0.2, 0.25) is 0 Å². The van der Waals surface area contributed by atoms with Gasteiger partial charge in [0.25, 0.3) is 0 Å². The van der Waals surface area contributed by atoms with Crippen molar-refractivity contribution in [1.82, 2.24) is 19.7 Å². The van der Waals surface area contributed by atoms with E-state index in [-0.39, 0.29) is 5.78 Å². The van der Waals surface area contributed by atoms with E-state index < -0.39 is 0 Å². The van der Waals surface area contributed by atoms with Gasteiger partial charge >= 0.3 is 0 Å². The van der Waals surface area contributed by atoms with Gasteiger partial charge in [0.1, 0.15) is 5.82 Å². The largest absolute Gasteiger partial charge is 0.318 e. The van der Waals surface area contributed by atoms with Crippen LogP contribution in [0, 0.1) is 27.7 Å². The van der Waals surface area contributed by atoms with E-state index in [2.05, 4.69) is 51.8 Å². The maximum absolute atomic E-state index is 12.8. The van der Waals surface area contributed by atoms with Crippen LogP contribution in [-0.4, -0.2) is 31.3 Å². The quantitative estimate of drug-likeness (QED) is 0.498. The summed E-state index contributed by atoms with van der Waals surface area (Å²) in [5.41, 5.74) is 6.44. The van der Waals surface area contributed by atoms with Crippen LogP contribution in [0.3, 0.4) is 0 Å². The zero-order chi connectivity index (χ0) is 19.1. The van der Waals surface area contributed by atoms with Crippen molar-refractivity contribution in [3.05, 3.63) is 58.2 Å². The minimum Gasteiger partial charge on any atom is -0.318 e. The van der Waals surface area contributed by atoms with E-state index in [0.29, 0.717) is 16.8 Å². The monoisotopic (exact) mass is 380 g/mol. The number of hydrogen-bond acceptors (Lipinski definition) is 4. The summed E-state index contributed by atoms with van der Waals surface area (Å²) in [6, 6.07) is 8.40. The highest BCUT2D eigenvalue weighted by Gasteiger charge is 2.27. The van der Waals surface area contributed by atoms with Gasteiger partial charge in [-0.15, -0.1) is 5.10 Å². The Hall–Kier alpha value is -2.34. The van der Waals surface area contributed by atoms with Gasteiger partial charge in [0, 0.05) is 28.6 Å². The van der Waals surface area contributed by atoms with Gasteiger partial charge in [-0.25, -0.2) is 4.98 Å². The molecule has 0 unspecified atom stereocenters. The van der Waals surface area contributed by atoms with Crippen LogP contribution in [0.25, 0.3) is 5.69 Å². The predicted octanol–water partition coefficient (Wildman–Crippen LogP) is 4.68. The molecule has 0 saturated heterocycles. The Morgan fingerprint density at radius 3 is 2.67 bits per heavy atom. The minimum absolute atomic E-state index is 0.112. The average molecular weight is 381 g/mol. The Kier molecular flexibility index (Phi) is 4.68. The topological polar surface area (TPSA) is 63.6 Å². The average Bonchev–Trinajstić information content (AvgIpc) is 3.31. The van der Waals surface area contributed by atoms with Crippen molar-refractivity contribution >= 4 is 17.5 Å². The molecule has 1 fully saturated rings. The summed E-state index contributed by atoms with van der Waals surface area (Å²) >= 11 is 1.40. The summed E-state index contributed by atoms with van der Waals surface area (Å²) in [4.78, 5) is 17.3. The molecule has 4 rings (SSSR count). The molecule has 0 spiro atoms. The molecule has 0 amide bonds. The molecule has 1 saturated carbocycles. The van der Waals surface area contributed by atoms with Crippen LogP contribution in [0.15, 0.2) is 29.4 Å². The molecule has 0 atom stereocenters. The minimum atomic E-state index is 0.112. The van der Waals surface area contributed by atoms with E-state index in [9.17, 15) is 4.79 Å². The van der Waals surface area contributed by atoms with Gasteiger partial charge in [-0.05, 0) is 69.9 Å². The molecular weight excluding hydrogens is 356 g/mol. The van der Waals surface area contributed by atoms with Crippen LogP contribution in [0.5, 0.6) is 0 Å². The molecule has 1 N–H and O–H groups in total. The van der Waals surface area contributed by atoms with Crippen molar-refractivity contribution in [3.8, 4) is 5.69 Å². The number of aryl methyl sites for hydroxylation is 3. The third-order valence-corrected chi connectivity index (χ3v) is 6.11. The van der Waals surface area contributed by atoms with E-state index in [1.54, 1.807) is 0 Å². The number of rotatable bonds is 6. The number of carbonyl (C=O) groups is 1. The second kappa shape index (κ2) is 7.00. The first-order valence-electron chi connectivity index (χ1n) is 9.29. The van der Waals surface area contributed by atoms with Crippen LogP contribution < -0.4 is 0 Å². The highest BCUT2D eigenvalue weighted by Crippen LogP contribution is 2.38. The summed E-state index contributed by atoms with van der Waals surface area (Å²) in [6.07, 6.45) is 2.37. The van der Waals surface area contributed by atoms with Gasteiger partial charge in [-0.2, -0.15) is 0 Å². The van der Waals surface area contributed by atoms with Crippen molar-refractivity contribution < 1.29 is 4.79 Å². The van der Waals surface area contributed by atoms with Crippen molar-refractivity contribution in [3.63, 3.8) is 0 Å². The molecule has 1 aromatic carbocycles. The molecule has 2 aromatic heterocycles. The number of ketones is 1. The zero-order valence-electron chi connectivity index (χ0n) is 16.2. The first-order chi connectivity index (χ1) is 12.9. The van der Waals surface area contributed by atoms with Gasteiger partial charge in [0.15, 0.2) is 5.78 Å². The fourth-order valence-electron chi connectivity index (χ4n) is 3.38. The summed E-state index contributed by atoms with van der Waals surface area (Å²) in [6.45, 7) is 8.28. The fourth-order valence-corrected chi connectivity index (χ4v) is 4.07. The standard InChI is InChI=1S/C21H24N4OS/c1-12-5-8-17(9-13(12)2)25-14(3)10-18(15(25)4)19(26)11-27-21-22-20(23-24-21)16-6-7-16/h5,8-10,16H,6-7,11H2,1-4H3,(H,22,23,24). The summed E-state index contributed by atoms with van der Waals surface area (Å²) in [5, 5.41) is 7.87. The molecule has 6 heteroatoms. The fraction of sp³-hybridized carbons (Fsp3) is 0.381. The van der Waals surface area contributed by atoms with Crippen molar-refractivity contribution in [2.24, 2.45) is 0 Å². The summed E-state index contributed by atoms with van der Waals surface area (Å²) in [5.74, 6) is 1.96. The van der Waals surface area contributed by atoms with Crippen molar-refractivity contribution in [2.45, 2.75) is 51.6 Å². The zero-order valence-corrected chi connectivity index (χ0v) is 17.0. The van der Waals surface area contributed by atoms with Crippen LogP contribution in [-0.2, 0) is 0 Å². The Morgan fingerprint density at radius 1 is 1.19 bits per heavy atom. The Balaban J connectivity index is 1.52. The highest BCUT2D eigenvalue weighted by molar-refractivity contribution is 7.99. The normalized spacial score (nSPS) is 13.9. The Bertz CT molecular complexity index is 1010. The summed E-state index contributed by atoms with van der Waals surface area (Å²) in [7, 11) is 0. The van der Waals surface area contributed by atoms with E-state index in [4.69, 9.17) is 0 Å². The Morgan fingerprint density at radius 2 is 1.96 bits per heavy atom. The molecule has 3 aromatic rings. The number of H-pyrrole nitrogens is 1. The predicted molar refractivity (Wildman–Crippen MR) is 108 cm³/mol. The highest BCUT2D eigenvalue weighted by atomic mass is 32.2. The lowest BCUT2D eigenvalue weighted by atomic mass is 10.1. The molecule has 27 heavy (non-hydrogen) atoms. The van der Waals surface area contributed by atoms with E-state index in [0.717, 1.165) is 28.5 Å². The van der Waals surface area contributed by atoms with Gasteiger partial charge in [0.05, 0.1) is 5.75 Å².